The van der Waals surface area contributed by atoms with Gasteiger partial charge in [0.05, 0.1) is 36.7 Å². The Kier molecular flexibility index (Phi) is 5.48. The topological polar surface area (TPSA) is 88.8 Å². The van der Waals surface area contributed by atoms with Gasteiger partial charge >= 0.3 is 0 Å². The number of likely N-dealkylation sites (N-methyl/N-ethyl adjacent to an activating group) is 1. The van der Waals surface area contributed by atoms with Crippen molar-refractivity contribution in [1.82, 2.24) is 14.8 Å². The molecule has 1 aromatic heterocycles. The maximum atomic E-state index is 12.8. The Morgan fingerprint density at radius 1 is 1.19 bits per heavy atom. The summed E-state index contributed by atoms with van der Waals surface area (Å²) in [4.78, 5) is 32.5. The first-order chi connectivity index (χ1) is 12.6. The van der Waals surface area contributed by atoms with E-state index in [1.165, 1.54) is 4.90 Å². The normalized spacial score (nSPS) is 14.1. The van der Waals surface area contributed by atoms with E-state index in [1.54, 1.807) is 24.2 Å². The number of pyridine rings is 1. The molecule has 2 heterocycles. The number of benzene rings is 1. The molecule has 0 saturated carbocycles. The summed E-state index contributed by atoms with van der Waals surface area (Å²) in [6, 6.07) is 11.0. The molecule has 1 saturated heterocycles. The van der Waals surface area contributed by atoms with Gasteiger partial charge in [-0.05, 0) is 6.07 Å². The van der Waals surface area contributed by atoms with Crippen molar-refractivity contribution >= 4 is 17.5 Å². The Labute approximate surface area is 152 Å². The minimum atomic E-state index is -0.302. The van der Waals surface area contributed by atoms with E-state index in [2.05, 4.69) is 4.98 Å². The van der Waals surface area contributed by atoms with Gasteiger partial charge in [-0.2, -0.15) is 0 Å². The van der Waals surface area contributed by atoms with Gasteiger partial charge < -0.3 is 20.3 Å². The van der Waals surface area contributed by atoms with Crippen molar-refractivity contribution in [3.8, 4) is 11.3 Å². The lowest BCUT2D eigenvalue weighted by Crippen LogP contribution is -2.46. The molecule has 0 unspecified atom stereocenters. The Bertz CT molecular complexity index is 789. The summed E-state index contributed by atoms with van der Waals surface area (Å²) in [7, 11) is 1.60. The summed E-state index contributed by atoms with van der Waals surface area (Å²) >= 11 is 0. The van der Waals surface area contributed by atoms with Gasteiger partial charge in [-0.3, -0.25) is 14.6 Å². The van der Waals surface area contributed by atoms with Gasteiger partial charge in [0.1, 0.15) is 0 Å². The largest absolute Gasteiger partial charge is 0.396 e. The van der Waals surface area contributed by atoms with Gasteiger partial charge in [0.2, 0.25) is 5.91 Å². The fraction of sp³-hybridized carbons (Fsp3) is 0.316. The molecule has 136 valence electrons. The van der Waals surface area contributed by atoms with Crippen LogP contribution in [0.4, 0.5) is 5.69 Å². The summed E-state index contributed by atoms with van der Waals surface area (Å²) in [5, 5.41) is 0. The van der Waals surface area contributed by atoms with Crippen LogP contribution in [-0.4, -0.2) is 66.5 Å². The highest BCUT2D eigenvalue weighted by molar-refractivity contribution is 6.02. The van der Waals surface area contributed by atoms with Crippen LogP contribution in [-0.2, 0) is 9.53 Å². The van der Waals surface area contributed by atoms with E-state index in [1.807, 2.05) is 30.3 Å². The van der Waals surface area contributed by atoms with Crippen molar-refractivity contribution in [3.05, 3.63) is 48.2 Å². The van der Waals surface area contributed by atoms with Crippen LogP contribution in [0, 0.1) is 0 Å². The number of hydrogen-bond donors (Lipinski definition) is 1. The number of ether oxygens (including phenoxy) is 1. The summed E-state index contributed by atoms with van der Waals surface area (Å²) in [5.41, 5.74) is 8.26. The number of carbonyl (C=O) groups is 2. The molecule has 2 amide bonds. The molecular weight excluding hydrogens is 332 g/mol. The average molecular weight is 354 g/mol. The number of morpholine rings is 1. The Morgan fingerprint density at radius 2 is 1.88 bits per heavy atom. The molecule has 2 N–H and O–H groups in total. The van der Waals surface area contributed by atoms with Crippen molar-refractivity contribution in [2.24, 2.45) is 0 Å². The third kappa shape index (κ3) is 3.83. The highest BCUT2D eigenvalue weighted by atomic mass is 16.5. The average Bonchev–Trinajstić information content (AvgIpc) is 2.69. The van der Waals surface area contributed by atoms with Crippen LogP contribution in [0.5, 0.6) is 0 Å². The number of anilines is 1. The van der Waals surface area contributed by atoms with E-state index in [4.69, 9.17) is 10.5 Å². The third-order valence-electron chi connectivity index (χ3n) is 4.35. The zero-order chi connectivity index (χ0) is 18.5. The molecule has 0 atom stereocenters. The number of rotatable bonds is 4. The SMILES string of the molecule is CN(CC(=O)N1CCOCC1)C(=O)c1ccnc(-c2ccccc2)c1N. The molecule has 1 aliphatic rings. The molecule has 0 spiro atoms. The second kappa shape index (κ2) is 7.97. The zero-order valence-corrected chi connectivity index (χ0v) is 14.7. The standard InChI is InChI=1S/C19H22N4O3/c1-22(13-16(24)23-9-11-26-12-10-23)19(25)15-7-8-21-18(17(15)20)14-5-3-2-4-6-14/h2-8H,9-13,20H2,1H3. The van der Waals surface area contributed by atoms with Crippen LogP contribution >= 0.6 is 0 Å². The fourth-order valence-electron chi connectivity index (χ4n) is 2.88. The maximum Gasteiger partial charge on any atom is 0.256 e. The second-order valence-electron chi connectivity index (χ2n) is 6.14. The van der Waals surface area contributed by atoms with Gasteiger partial charge in [0.25, 0.3) is 5.91 Å². The van der Waals surface area contributed by atoms with Gasteiger partial charge in [0.15, 0.2) is 0 Å². The van der Waals surface area contributed by atoms with E-state index in [9.17, 15) is 9.59 Å². The lowest BCUT2D eigenvalue weighted by molar-refractivity contribution is -0.135. The molecule has 2 aromatic rings. The first-order valence-electron chi connectivity index (χ1n) is 8.49. The van der Waals surface area contributed by atoms with Crippen LogP contribution in [0.2, 0.25) is 0 Å². The van der Waals surface area contributed by atoms with Crippen LogP contribution in [0.15, 0.2) is 42.6 Å². The minimum absolute atomic E-state index is 0.00126. The predicted octanol–water partition coefficient (Wildman–Crippen LogP) is 1.26. The van der Waals surface area contributed by atoms with E-state index >= 15 is 0 Å². The number of aromatic nitrogens is 1. The third-order valence-corrected chi connectivity index (χ3v) is 4.35. The predicted molar refractivity (Wildman–Crippen MR) is 98.4 cm³/mol. The highest BCUT2D eigenvalue weighted by Crippen LogP contribution is 2.26. The Balaban J connectivity index is 1.76. The maximum absolute atomic E-state index is 12.8. The van der Waals surface area contributed by atoms with Crippen LogP contribution in [0.3, 0.4) is 0 Å². The number of carbonyl (C=O) groups excluding carboxylic acids is 2. The van der Waals surface area contributed by atoms with Crippen molar-refractivity contribution < 1.29 is 14.3 Å². The minimum Gasteiger partial charge on any atom is -0.396 e. The molecule has 0 aliphatic carbocycles. The molecule has 1 fully saturated rings. The quantitative estimate of drug-likeness (QED) is 0.893. The molecule has 7 nitrogen and oxygen atoms in total. The van der Waals surface area contributed by atoms with Crippen molar-refractivity contribution in [3.63, 3.8) is 0 Å². The lowest BCUT2D eigenvalue weighted by Gasteiger charge is -2.28. The Hall–Kier alpha value is -2.93. The molecule has 26 heavy (non-hydrogen) atoms. The molecule has 1 aromatic carbocycles. The van der Waals surface area contributed by atoms with Gasteiger partial charge in [0, 0.05) is 31.9 Å². The number of amides is 2. The fourth-order valence-corrected chi connectivity index (χ4v) is 2.88. The van der Waals surface area contributed by atoms with Crippen molar-refractivity contribution in [2.45, 2.75) is 0 Å². The summed E-state index contributed by atoms with van der Waals surface area (Å²) < 4.78 is 5.24. The van der Waals surface area contributed by atoms with Crippen molar-refractivity contribution in [1.29, 1.82) is 0 Å². The van der Waals surface area contributed by atoms with Crippen LogP contribution in [0.1, 0.15) is 10.4 Å². The van der Waals surface area contributed by atoms with Gasteiger partial charge in [-0.15, -0.1) is 0 Å². The summed E-state index contributed by atoms with van der Waals surface area (Å²) in [6.45, 7) is 2.16. The molecular formula is C19H22N4O3. The molecule has 3 rings (SSSR count). The summed E-state index contributed by atoms with van der Waals surface area (Å²) in [6.07, 6.45) is 1.56. The second-order valence-corrected chi connectivity index (χ2v) is 6.14. The molecule has 0 radical (unpaired) electrons. The van der Waals surface area contributed by atoms with E-state index in [0.717, 1.165) is 5.56 Å². The van der Waals surface area contributed by atoms with E-state index in [0.29, 0.717) is 43.2 Å². The van der Waals surface area contributed by atoms with Gasteiger partial charge in [-0.25, -0.2) is 0 Å². The molecule has 7 heteroatoms. The van der Waals surface area contributed by atoms with Crippen LogP contribution in [0.25, 0.3) is 11.3 Å². The smallest absolute Gasteiger partial charge is 0.256 e. The van der Waals surface area contributed by atoms with Crippen molar-refractivity contribution in [2.75, 3.05) is 45.6 Å². The number of nitrogens with zero attached hydrogens (tertiary/aromatic N) is 3. The monoisotopic (exact) mass is 354 g/mol. The van der Waals surface area contributed by atoms with Gasteiger partial charge in [-0.1, -0.05) is 30.3 Å². The number of nitrogens with two attached hydrogens (primary N) is 1. The first-order valence-corrected chi connectivity index (χ1v) is 8.49. The summed E-state index contributed by atoms with van der Waals surface area (Å²) in [5.74, 6) is -0.399. The van der Waals surface area contributed by atoms with E-state index < -0.39 is 0 Å². The molecule has 0 bridgehead atoms. The molecule has 1 aliphatic heterocycles. The Morgan fingerprint density at radius 3 is 2.58 bits per heavy atom. The highest BCUT2D eigenvalue weighted by Gasteiger charge is 2.23. The van der Waals surface area contributed by atoms with Crippen LogP contribution < -0.4 is 5.73 Å². The first kappa shape index (κ1) is 17.9. The number of nitrogen functional groups attached to an aromatic ring is 1. The number of hydrogen-bond acceptors (Lipinski definition) is 5. The zero-order valence-electron chi connectivity index (χ0n) is 14.7. The lowest BCUT2D eigenvalue weighted by atomic mass is 10.1. The van der Waals surface area contributed by atoms with E-state index in [-0.39, 0.29) is 18.4 Å².